The summed E-state index contributed by atoms with van der Waals surface area (Å²) < 4.78 is 5.76. The van der Waals surface area contributed by atoms with Gasteiger partial charge >= 0.3 is 6.01 Å². The smallest absolute Gasteiger partial charge is 0.325 e. The maximum atomic E-state index is 10.1. The van der Waals surface area contributed by atoms with Crippen LogP contribution < -0.4 is 9.64 Å². The maximum absolute atomic E-state index is 10.1. The van der Waals surface area contributed by atoms with Crippen LogP contribution in [0.2, 0.25) is 0 Å². The molecule has 2 heterocycles. The molecule has 2 aromatic heterocycles. The highest BCUT2D eigenvalue weighted by molar-refractivity contribution is 5.82. The molecule has 7 heteroatoms. The summed E-state index contributed by atoms with van der Waals surface area (Å²) in [4.78, 5) is 16.7. The van der Waals surface area contributed by atoms with Crippen LogP contribution in [0.15, 0.2) is 67.0 Å². The number of rotatable bonds is 8. The second-order valence-corrected chi connectivity index (χ2v) is 8.46. The SMILES string of the molecule is CC(CCN(C)C)c1ccc(N(C)c2ccc(Oc3nc(O)c4ccncc4n3)cc2)cc1. The third-order valence-electron chi connectivity index (χ3n) is 5.75. The Labute approximate surface area is 194 Å². The van der Waals surface area contributed by atoms with Crippen molar-refractivity contribution in [2.24, 2.45) is 0 Å². The van der Waals surface area contributed by atoms with E-state index in [-0.39, 0.29) is 11.9 Å². The lowest BCUT2D eigenvalue weighted by atomic mass is 9.97. The predicted octanol–water partition coefficient (Wildman–Crippen LogP) is 5.35. The molecule has 1 atom stereocenters. The minimum absolute atomic E-state index is 0.0769. The molecular formula is C26H29N5O2. The fourth-order valence-electron chi connectivity index (χ4n) is 3.63. The molecule has 0 saturated heterocycles. The lowest BCUT2D eigenvalue weighted by molar-refractivity contribution is 0.386. The standard InChI is InChI=1S/C26H29N5O2/c1-18(14-16-30(2)3)19-5-7-20(8-6-19)31(4)21-9-11-22(12-10-21)33-26-28-24-17-27-15-13-23(24)25(32)29-26/h5-13,15,17-18H,14,16H2,1-4H3,(H,28,29,32). The van der Waals surface area contributed by atoms with E-state index in [1.807, 2.05) is 31.3 Å². The van der Waals surface area contributed by atoms with Crippen molar-refractivity contribution in [3.8, 4) is 17.6 Å². The monoisotopic (exact) mass is 443 g/mol. The lowest BCUT2D eigenvalue weighted by Gasteiger charge is -2.21. The summed E-state index contributed by atoms with van der Waals surface area (Å²) in [5.41, 5.74) is 4.02. The van der Waals surface area contributed by atoms with Crippen molar-refractivity contribution in [3.05, 3.63) is 72.6 Å². The third-order valence-corrected chi connectivity index (χ3v) is 5.75. The number of anilines is 2. The van der Waals surface area contributed by atoms with Gasteiger partial charge in [0.2, 0.25) is 5.88 Å². The number of pyridine rings is 1. The van der Waals surface area contributed by atoms with Gasteiger partial charge in [-0.1, -0.05) is 19.1 Å². The molecular weight excluding hydrogens is 414 g/mol. The molecule has 0 bridgehead atoms. The minimum Gasteiger partial charge on any atom is -0.493 e. The zero-order valence-corrected chi connectivity index (χ0v) is 19.4. The largest absolute Gasteiger partial charge is 0.493 e. The molecule has 170 valence electrons. The Morgan fingerprint density at radius 2 is 1.58 bits per heavy atom. The molecule has 33 heavy (non-hydrogen) atoms. The second-order valence-electron chi connectivity index (χ2n) is 8.46. The highest BCUT2D eigenvalue weighted by atomic mass is 16.5. The number of benzene rings is 2. The number of nitrogens with zero attached hydrogens (tertiary/aromatic N) is 5. The van der Waals surface area contributed by atoms with Gasteiger partial charge in [-0.2, -0.15) is 9.97 Å². The van der Waals surface area contributed by atoms with Crippen LogP contribution in [0.3, 0.4) is 0 Å². The number of fused-ring (bicyclic) bond motifs is 1. The van der Waals surface area contributed by atoms with Gasteiger partial charge in [-0.25, -0.2) is 0 Å². The average Bonchev–Trinajstić information content (AvgIpc) is 2.83. The van der Waals surface area contributed by atoms with Crippen LogP contribution in [0.5, 0.6) is 17.6 Å². The summed E-state index contributed by atoms with van der Waals surface area (Å²) in [5, 5.41) is 10.6. The number of aromatic hydroxyl groups is 1. The average molecular weight is 444 g/mol. The Morgan fingerprint density at radius 3 is 2.24 bits per heavy atom. The second kappa shape index (κ2) is 9.83. The number of hydrogen-bond donors (Lipinski definition) is 1. The van der Waals surface area contributed by atoms with Crippen LogP contribution in [-0.2, 0) is 0 Å². The first-order valence-electron chi connectivity index (χ1n) is 11.0. The van der Waals surface area contributed by atoms with E-state index in [9.17, 15) is 5.11 Å². The van der Waals surface area contributed by atoms with Gasteiger partial charge in [0.1, 0.15) is 5.75 Å². The van der Waals surface area contributed by atoms with Gasteiger partial charge in [0.15, 0.2) is 0 Å². The van der Waals surface area contributed by atoms with E-state index in [0.29, 0.717) is 22.6 Å². The van der Waals surface area contributed by atoms with Crippen molar-refractivity contribution < 1.29 is 9.84 Å². The van der Waals surface area contributed by atoms with Crippen LogP contribution >= 0.6 is 0 Å². The summed E-state index contributed by atoms with van der Waals surface area (Å²) in [6, 6.07) is 18.1. The van der Waals surface area contributed by atoms with E-state index in [2.05, 4.69) is 70.0 Å². The van der Waals surface area contributed by atoms with Gasteiger partial charge in [-0.15, -0.1) is 0 Å². The summed E-state index contributed by atoms with van der Waals surface area (Å²) in [5.74, 6) is 0.976. The van der Waals surface area contributed by atoms with Crippen molar-refractivity contribution in [2.45, 2.75) is 19.3 Å². The molecule has 0 spiro atoms. The molecule has 0 amide bonds. The number of ether oxygens (including phenoxy) is 1. The van der Waals surface area contributed by atoms with Crippen LogP contribution in [0.4, 0.5) is 11.4 Å². The molecule has 0 radical (unpaired) electrons. The Bertz CT molecular complexity index is 1210. The van der Waals surface area contributed by atoms with Crippen molar-refractivity contribution in [2.75, 3.05) is 32.6 Å². The first-order chi connectivity index (χ1) is 15.9. The highest BCUT2D eigenvalue weighted by Gasteiger charge is 2.11. The maximum Gasteiger partial charge on any atom is 0.325 e. The summed E-state index contributed by atoms with van der Waals surface area (Å²) in [6.07, 6.45) is 4.29. The Morgan fingerprint density at radius 1 is 0.909 bits per heavy atom. The lowest BCUT2D eigenvalue weighted by Crippen LogP contribution is -2.15. The summed E-state index contributed by atoms with van der Waals surface area (Å²) >= 11 is 0. The van der Waals surface area contributed by atoms with Crippen molar-refractivity contribution in [1.82, 2.24) is 19.9 Å². The van der Waals surface area contributed by atoms with E-state index >= 15 is 0 Å². The zero-order chi connectivity index (χ0) is 23.4. The fourth-order valence-corrected chi connectivity index (χ4v) is 3.63. The van der Waals surface area contributed by atoms with Crippen molar-refractivity contribution in [3.63, 3.8) is 0 Å². The van der Waals surface area contributed by atoms with Gasteiger partial charge in [0.25, 0.3) is 0 Å². The number of aromatic nitrogens is 3. The quantitative estimate of drug-likeness (QED) is 0.394. The van der Waals surface area contributed by atoms with E-state index in [1.165, 1.54) is 5.56 Å². The van der Waals surface area contributed by atoms with Crippen LogP contribution in [0.25, 0.3) is 10.9 Å². The van der Waals surface area contributed by atoms with E-state index in [4.69, 9.17) is 4.74 Å². The molecule has 2 aromatic carbocycles. The Kier molecular flexibility index (Phi) is 6.70. The van der Waals surface area contributed by atoms with Crippen molar-refractivity contribution in [1.29, 1.82) is 0 Å². The zero-order valence-electron chi connectivity index (χ0n) is 19.4. The first kappa shape index (κ1) is 22.5. The number of hydrogen-bond acceptors (Lipinski definition) is 7. The molecule has 7 nitrogen and oxygen atoms in total. The van der Waals surface area contributed by atoms with Gasteiger partial charge < -0.3 is 19.6 Å². The molecule has 0 aliphatic carbocycles. The molecule has 0 aliphatic heterocycles. The van der Waals surface area contributed by atoms with E-state index < -0.39 is 0 Å². The fraction of sp³-hybridized carbons (Fsp3) is 0.269. The molecule has 1 unspecified atom stereocenters. The predicted molar refractivity (Wildman–Crippen MR) is 132 cm³/mol. The highest BCUT2D eigenvalue weighted by Crippen LogP contribution is 2.30. The molecule has 4 aromatic rings. The molecule has 0 aliphatic rings. The first-order valence-corrected chi connectivity index (χ1v) is 11.0. The Hall–Kier alpha value is -3.71. The Balaban J connectivity index is 1.43. The van der Waals surface area contributed by atoms with E-state index in [1.54, 1.807) is 18.5 Å². The summed E-state index contributed by atoms with van der Waals surface area (Å²) in [6.45, 7) is 3.36. The van der Waals surface area contributed by atoms with Gasteiger partial charge in [-0.05, 0) is 81.0 Å². The molecule has 0 fully saturated rings. The van der Waals surface area contributed by atoms with Gasteiger partial charge in [0.05, 0.1) is 17.1 Å². The summed E-state index contributed by atoms with van der Waals surface area (Å²) in [7, 11) is 6.26. The van der Waals surface area contributed by atoms with Crippen molar-refractivity contribution >= 4 is 22.3 Å². The van der Waals surface area contributed by atoms with Crippen LogP contribution in [-0.4, -0.2) is 52.6 Å². The van der Waals surface area contributed by atoms with Crippen LogP contribution in [0.1, 0.15) is 24.8 Å². The molecule has 0 saturated carbocycles. The van der Waals surface area contributed by atoms with Gasteiger partial charge in [0, 0.05) is 24.6 Å². The van der Waals surface area contributed by atoms with Gasteiger partial charge in [-0.3, -0.25) is 4.98 Å². The topological polar surface area (TPSA) is 74.6 Å². The molecule has 4 rings (SSSR count). The molecule has 1 N–H and O–H groups in total. The third kappa shape index (κ3) is 5.38. The van der Waals surface area contributed by atoms with Crippen LogP contribution in [0, 0.1) is 0 Å². The normalized spacial score (nSPS) is 12.2. The van der Waals surface area contributed by atoms with E-state index in [0.717, 1.165) is 24.3 Å². The minimum atomic E-state index is -0.131.